The fourth-order valence-corrected chi connectivity index (χ4v) is 3.83. The van der Waals surface area contributed by atoms with Gasteiger partial charge in [-0.15, -0.1) is 0 Å². The highest BCUT2D eigenvalue weighted by Crippen LogP contribution is 2.36. The van der Waals surface area contributed by atoms with E-state index in [9.17, 15) is 4.39 Å². The molecule has 0 spiro atoms. The summed E-state index contributed by atoms with van der Waals surface area (Å²) in [4.78, 5) is 2.36. The second-order valence-corrected chi connectivity index (χ2v) is 7.07. The molecule has 5 heteroatoms. The van der Waals surface area contributed by atoms with Gasteiger partial charge in [-0.1, -0.05) is 26.1 Å². The van der Waals surface area contributed by atoms with E-state index in [1.165, 1.54) is 6.42 Å². The highest BCUT2D eigenvalue weighted by atomic mass is 79.9. The lowest BCUT2D eigenvalue weighted by atomic mass is 9.85. The zero-order valence-electron chi connectivity index (χ0n) is 12.0. The first-order valence-electron chi connectivity index (χ1n) is 6.87. The number of piperidine rings is 1. The third kappa shape index (κ3) is 2.84. The van der Waals surface area contributed by atoms with Gasteiger partial charge in [0.2, 0.25) is 0 Å². The molecule has 0 saturated carbocycles. The lowest BCUT2D eigenvalue weighted by molar-refractivity contribution is 0.295. The highest BCUT2D eigenvalue weighted by molar-refractivity contribution is 9.10. The molecule has 1 saturated heterocycles. The second-order valence-electron chi connectivity index (χ2n) is 5.84. The average molecular weight is 359 g/mol. The van der Waals surface area contributed by atoms with Crippen LogP contribution >= 0.6 is 28.1 Å². The van der Waals surface area contributed by atoms with E-state index >= 15 is 0 Å². The van der Waals surface area contributed by atoms with Crippen LogP contribution in [0.2, 0.25) is 0 Å². The molecule has 0 amide bonds. The molecule has 3 atom stereocenters. The van der Waals surface area contributed by atoms with Crippen molar-refractivity contribution >= 4 is 38.8 Å². The molecular weight excluding hydrogens is 339 g/mol. The summed E-state index contributed by atoms with van der Waals surface area (Å²) < 4.78 is 15.0. The molecule has 110 valence electrons. The van der Waals surface area contributed by atoms with Crippen molar-refractivity contribution in [1.82, 2.24) is 0 Å². The number of halogens is 2. The van der Waals surface area contributed by atoms with Crippen LogP contribution in [0.4, 0.5) is 10.1 Å². The Morgan fingerprint density at radius 1 is 1.40 bits per heavy atom. The molecule has 1 heterocycles. The van der Waals surface area contributed by atoms with Gasteiger partial charge >= 0.3 is 0 Å². The van der Waals surface area contributed by atoms with Gasteiger partial charge in [0.1, 0.15) is 4.99 Å². The third-order valence-corrected chi connectivity index (χ3v) is 5.23. The van der Waals surface area contributed by atoms with Gasteiger partial charge < -0.3 is 10.6 Å². The van der Waals surface area contributed by atoms with Gasteiger partial charge in [0, 0.05) is 18.2 Å². The maximum Gasteiger partial charge on any atom is 0.161 e. The summed E-state index contributed by atoms with van der Waals surface area (Å²) >= 11 is 8.22. The van der Waals surface area contributed by atoms with Crippen LogP contribution in [0.25, 0.3) is 0 Å². The number of thiocarbonyl (C=S) groups is 1. The van der Waals surface area contributed by atoms with Crippen molar-refractivity contribution in [2.75, 3.05) is 11.4 Å². The van der Waals surface area contributed by atoms with Crippen molar-refractivity contribution in [3.63, 3.8) is 0 Å². The lowest BCUT2D eigenvalue weighted by Crippen LogP contribution is -2.46. The summed E-state index contributed by atoms with van der Waals surface area (Å²) in [5, 5.41) is 0. The molecule has 0 radical (unpaired) electrons. The first-order valence-corrected chi connectivity index (χ1v) is 8.07. The molecule has 3 unspecified atom stereocenters. The molecule has 1 aromatic carbocycles. The Morgan fingerprint density at radius 2 is 2.05 bits per heavy atom. The van der Waals surface area contributed by atoms with Gasteiger partial charge in [0.05, 0.1) is 10.2 Å². The number of benzene rings is 1. The minimum Gasteiger partial charge on any atom is -0.389 e. The van der Waals surface area contributed by atoms with Crippen LogP contribution in [0.15, 0.2) is 16.6 Å². The smallest absolute Gasteiger partial charge is 0.161 e. The number of anilines is 1. The van der Waals surface area contributed by atoms with Crippen LogP contribution in [0.3, 0.4) is 0 Å². The summed E-state index contributed by atoms with van der Waals surface area (Å²) in [5.41, 5.74) is 6.78. The molecule has 0 bridgehead atoms. The Bertz CT molecular complexity index is 535. The van der Waals surface area contributed by atoms with E-state index in [0.29, 0.717) is 33.6 Å². The van der Waals surface area contributed by atoms with Crippen LogP contribution in [0.1, 0.15) is 32.8 Å². The largest absolute Gasteiger partial charge is 0.389 e. The zero-order chi connectivity index (χ0) is 15.0. The lowest BCUT2D eigenvalue weighted by Gasteiger charge is -2.42. The van der Waals surface area contributed by atoms with Crippen molar-refractivity contribution in [1.29, 1.82) is 0 Å². The van der Waals surface area contributed by atoms with E-state index in [2.05, 4.69) is 41.6 Å². The van der Waals surface area contributed by atoms with E-state index in [4.69, 9.17) is 18.0 Å². The summed E-state index contributed by atoms with van der Waals surface area (Å²) in [6.07, 6.45) is 1.19. The van der Waals surface area contributed by atoms with Crippen molar-refractivity contribution in [2.45, 2.75) is 33.2 Å². The maximum atomic E-state index is 14.6. The Morgan fingerprint density at radius 3 is 2.65 bits per heavy atom. The van der Waals surface area contributed by atoms with Crippen LogP contribution in [0.5, 0.6) is 0 Å². The minimum absolute atomic E-state index is 0.204. The quantitative estimate of drug-likeness (QED) is 0.807. The Hall–Kier alpha value is -0.680. The average Bonchev–Trinajstić information content (AvgIpc) is 2.37. The zero-order valence-corrected chi connectivity index (χ0v) is 14.4. The van der Waals surface area contributed by atoms with Gasteiger partial charge in [-0.05, 0) is 53.2 Å². The molecule has 20 heavy (non-hydrogen) atoms. The van der Waals surface area contributed by atoms with Crippen LogP contribution in [0, 0.1) is 17.7 Å². The minimum atomic E-state index is -0.275. The standard InChI is InChI=1S/C15H20BrFN2S/c1-8-6-9(2)10(3)19(7-8)12-5-4-11(15(18)20)13(16)14(12)17/h4-5,8-10H,6-7H2,1-3H3,(H2,18,20). The second kappa shape index (κ2) is 5.98. The molecule has 2 rings (SSSR count). The summed E-state index contributed by atoms with van der Waals surface area (Å²) in [5.74, 6) is 0.838. The van der Waals surface area contributed by atoms with E-state index in [0.717, 1.165) is 6.54 Å². The summed E-state index contributed by atoms with van der Waals surface area (Å²) in [6.45, 7) is 7.47. The third-order valence-electron chi connectivity index (χ3n) is 4.23. The molecule has 0 aromatic heterocycles. The Balaban J connectivity index is 2.42. The Kier molecular flexibility index (Phi) is 4.69. The SMILES string of the molecule is CC1CC(C)C(C)N(c2ccc(C(N)=S)c(Br)c2F)C1. The molecule has 1 aromatic rings. The van der Waals surface area contributed by atoms with Crippen molar-refractivity contribution in [3.05, 3.63) is 28.0 Å². The first-order chi connectivity index (χ1) is 9.32. The number of hydrogen-bond acceptors (Lipinski definition) is 2. The number of nitrogens with zero attached hydrogens (tertiary/aromatic N) is 1. The van der Waals surface area contributed by atoms with Crippen molar-refractivity contribution < 1.29 is 4.39 Å². The molecule has 1 aliphatic rings. The first kappa shape index (κ1) is 15.7. The normalized spacial score (nSPS) is 26.6. The number of rotatable bonds is 2. The van der Waals surface area contributed by atoms with Gasteiger partial charge in [-0.25, -0.2) is 4.39 Å². The van der Waals surface area contributed by atoms with Gasteiger partial charge in [-0.2, -0.15) is 0 Å². The van der Waals surface area contributed by atoms with Crippen molar-refractivity contribution in [3.8, 4) is 0 Å². The van der Waals surface area contributed by atoms with E-state index in [1.807, 2.05) is 0 Å². The monoisotopic (exact) mass is 358 g/mol. The van der Waals surface area contributed by atoms with Crippen LogP contribution in [-0.2, 0) is 0 Å². The van der Waals surface area contributed by atoms with Crippen molar-refractivity contribution in [2.24, 2.45) is 17.6 Å². The maximum absolute atomic E-state index is 14.6. The predicted molar refractivity (Wildman–Crippen MR) is 89.7 cm³/mol. The van der Waals surface area contributed by atoms with Gasteiger partial charge in [0.25, 0.3) is 0 Å². The Labute approximate surface area is 133 Å². The van der Waals surface area contributed by atoms with E-state index < -0.39 is 0 Å². The van der Waals surface area contributed by atoms with Gasteiger partial charge in [-0.3, -0.25) is 0 Å². The molecule has 1 aliphatic heterocycles. The molecule has 1 fully saturated rings. The fraction of sp³-hybridized carbons (Fsp3) is 0.533. The summed E-state index contributed by atoms with van der Waals surface area (Å²) in [7, 11) is 0. The van der Waals surface area contributed by atoms with Crippen LogP contribution < -0.4 is 10.6 Å². The number of nitrogens with two attached hydrogens (primary N) is 1. The molecule has 2 nitrogen and oxygen atoms in total. The molecule has 2 N–H and O–H groups in total. The predicted octanol–water partition coefficient (Wildman–Crippen LogP) is 4.09. The fourth-order valence-electron chi connectivity index (χ4n) is 2.98. The molecule has 0 aliphatic carbocycles. The number of hydrogen-bond donors (Lipinski definition) is 1. The summed E-state index contributed by atoms with van der Waals surface area (Å²) in [6, 6.07) is 3.90. The van der Waals surface area contributed by atoms with E-state index in [1.54, 1.807) is 12.1 Å². The molecular formula is C15H20BrFN2S. The topological polar surface area (TPSA) is 29.3 Å². The van der Waals surface area contributed by atoms with Gasteiger partial charge in [0.15, 0.2) is 5.82 Å². The van der Waals surface area contributed by atoms with Crippen LogP contribution in [-0.4, -0.2) is 17.6 Å². The highest BCUT2D eigenvalue weighted by Gasteiger charge is 2.31. The van der Waals surface area contributed by atoms with E-state index in [-0.39, 0.29) is 10.8 Å².